The van der Waals surface area contributed by atoms with Crippen molar-refractivity contribution in [1.29, 1.82) is 0 Å². The Labute approximate surface area is 119 Å². The summed E-state index contributed by atoms with van der Waals surface area (Å²) in [5.41, 5.74) is 6.98. The molecule has 3 N–H and O–H groups in total. The Morgan fingerprint density at radius 1 is 1.40 bits per heavy atom. The summed E-state index contributed by atoms with van der Waals surface area (Å²) in [6.07, 6.45) is 4.99. The van der Waals surface area contributed by atoms with Gasteiger partial charge in [-0.1, -0.05) is 12.5 Å². The fraction of sp³-hybridized carbons (Fsp3) is 0.562. The van der Waals surface area contributed by atoms with E-state index in [0.717, 1.165) is 12.3 Å². The number of nitrogen functional groups attached to an aromatic ring is 1. The molecule has 108 valence electrons. The highest BCUT2D eigenvalue weighted by atomic mass is 16.5. The van der Waals surface area contributed by atoms with Crippen molar-refractivity contribution >= 4 is 11.6 Å². The molecule has 0 aliphatic heterocycles. The molecule has 1 amide bonds. The standard InChI is InChI=1S/C16H22N2O2/c1-2-20-15-12(4-3-5-13(15)17)16(19)18-14-9-10-6-7-11(14)8-10/h3-5,10-11,14H,2,6-9,17H2,1H3,(H,18,19). The van der Waals surface area contributed by atoms with Crippen molar-refractivity contribution in [1.82, 2.24) is 5.32 Å². The van der Waals surface area contributed by atoms with Crippen LogP contribution >= 0.6 is 0 Å². The summed E-state index contributed by atoms with van der Waals surface area (Å²) in [5, 5.41) is 3.18. The van der Waals surface area contributed by atoms with E-state index in [2.05, 4.69) is 5.32 Å². The van der Waals surface area contributed by atoms with Gasteiger partial charge in [-0.05, 0) is 50.2 Å². The van der Waals surface area contributed by atoms with E-state index >= 15 is 0 Å². The van der Waals surface area contributed by atoms with Gasteiger partial charge in [-0.2, -0.15) is 0 Å². The zero-order valence-electron chi connectivity index (χ0n) is 11.9. The Balaban J connectivity index is 1.75. The first-order chi connectivity index (χ1) is 9.69. The lowest BCUT2D eigenvalue weighted by Gasteiger charge is -2.23. The number of ether oxygens (including phenoxy) is 1. The Bertz CT molecular complexity index is 515. The predicted octanol–water partition coefficient (Wildman–Crippen LogP) is 2.59. The number of para-hydroxylation sites is 1. The van der Waals surface area contributed by atoms with Crippen LogP contribution in [0.5, 0.6) is 5.75 Å². The van der Waals surface area contributed by atoms with E-state index in [1.54, 1.807) is 18.2 Å². The molecule has 4 heteroatoms. The Morgan fingerprint density at radius 3 is 2.90 bits per heavy atom. The summed E-state index contributed by atoms with van der Waals surface area (Å²) in [6.45, 7) is 2.40. The minimum Gasteiger partial charge on any atom is -0.491 e. The first-order valence-corrected chi connectivity index (χ1v) is 7.51. The van der Waals surface area contributed by atoms with Gasteiger partial charge in [0.2, 0.25) is 0 Å². The Kier molecular flexibility index (Phi) is 3.55. The summed E-state index contributed by atoms with van der Waals surface area (Å²) in [4.78, 5) is 12.5. The molecule has 2 aliphatic rings. The minimum absolute atomic E-state index is 0.0571. The van der Waals surface area contributed by atoms with Crippen molar-refractivity contribution in [2.24, 2.45) is 11.8 Å². The zero-order valence-corrected chi connectivity index (χ0v) is 11.9. The molecule has 2 aliphatic carbocycles. The molecule has 0 aromatic heterocycles. The highest BCUT2D eigenvalue weighted by molar-refractivity contribution is 5.98. The van der Waals surface area contributed by atoms with E-state index in [1.807, 2.05) is 6.92 Å². The number of carbonyl (C=O) groups is 1. The van der Waals surface area contributed by atoms with Crippen LogP contribution in [-0.2, 0) is 0 Å². The van der Waals surface area contributed by atoms with Gasteiger partial charge in [-0.15, -0.1) is 0 Å². The third-order valence-corrected chi connectivity index (χ3v) is 4.63. The number of hydrogen-bond acceptors (Lipinski definition) is 3. The monoisotopic (exact) mass is 274 g/mol. The quantitative estimate of drug-likeness (QED) is 0.829. The summed E-state index contributed by atoms with van der Waals surface area (Å²) in [6, 6.07) is 5.67. The molecule has 20 heavy (non-hydrogen) atoms. The van der Waals surface area contributed by atoms with Crippen LogP contribution in [0.4, 0.5) is 5.69 Å². The van der Waals surface area contributed by atoms with Gasteiger partial charge in [-0.25, -0.2) is 0 Å². The second-order valence-electron chi connectivity index (χ2n) is 5.91. The second-order valence-corrected chi connectivity index (χ2v) is 5.91. The minimum atomic E-state index is -0.0571. The Morgan fingerprint density at radius 2 is 2.25 bits per heavy atom. The average Bonchev–Trinajstić information content (AvgIpc) is 3.03. The summed E-state index contributed by atoms with van der Waals surface area (Å²) >= 11 is 0. The lowest BCUT2D eigenvalue weighted by atomic mass is 9.95. The predicted molar refractivity (Wildman–Crippen MR) is 78.7 cm³/mol. The van der Waals surface area contributed by atoms with Gasteiger partial charge in [0.1, 0.15) is 0 Å². The SMILES string of the molecule is CCOc1c(N)cccc1C(=O)NC1CC2CCC1C2. The molecule has 0 heterocycles. The van der Waals surface area contributed by atoms with Gasteiger partial charge in [-0.3, -0.25) is 4.79 Å². The molecule has 3 unspecified atom stereocenters. The van der Waals surface area contributed by atoms with E-state index in [4.69, 9.17) is 10.5 Å². The van der Waals surface area contributed by atoms with Crippen LogP contribution < -0.4 is 15.8 Å². The Hall–Kier alpha value is -1.71. The van der Waals surface area contributed by atoms with Crippen LogP contribution in [0.25, 0.3) is 0 Å². The molecule has 2 fully saturated rings. The van der Waals surface area contributed by atoms with E-state index in [-0.39, 0.29) is 5.91 Å². The molecule has 3 rings (SSSR count). The van der Waals surface area contributed by atoms with Gasteiger partial charge in [0.05, 0.1) is 17.9 Å². The van der Waals surface area contributed by atoms with Crippen LogP contribution in [0.2, 0.25) is 0 Å². The normalized spacial score (nSPS) is 27.6. The summed E-state index contributed by atoms with van der Waals surface area (Å²) in [5.74, 6) is 1.94. The topological polar surface area (TPSA) is 64.3 Å². The average molecular weight is 274 g/mol. The number of fused-ring (bicyclic) bond motifs is 2. The first kappa shape index (κ1) is 13.3. The molecule has 0 saturated heterocycles. The molecule has 1 aromatic rings. The van der Waals surface area contributed by atoms with Crippen molar-refractivity contribution in [3.05, 3.63) is 23.8 Å². The van der Waals surface area contributed by atoms with Crippen LogP contribution in [0.1, 0.15) is 43.0 Å². The maximum Gasteiger partial charge on any atom is 0.255 e. The van der Waals surface area contributed by atoms with E-state index < -0.39 is 0 Å². The lowest BCUT2D eigenvalue weighted by Crippen LogP contribution is -2.38. The number of nitrogens with one attached hydrogen (secondary N) is 1. The van der Waals surface area contributed by atoms with E-state index in [1.165, 1.54) is 19.3 Å². The van der Waals surface area contributed by atoms with Crippen molar-refractivity contribution in [2.75, 3.05) is 12.3 Å². The van der Waals surface area contributed by atoms with E-state index in [9.17, 15) is 4.79 Å². The molecular formula is C16H22N2O2. The number of benzene rings is 1. The van der Waals surface area contributed by atoms with Gasteiger partial charge in [0.25, 0.3) is 5.91 Å². The number of rotatable bonds is 4. The molecule has 1 aromatic carbocycles. The molecule has 2 bridgehead atoms. The molecule has 2 saturated carbocycles. The molecule has 3 atom stereocenters. The number of anilines is 1. The van der Waals surface area contributed by atoms with Gasteiger partial charge in [0, 0.05) is 6.04 Å². The molecule has 0 radical (unpaired) electrons. The fourth-order valence-electron chi connectivity index (χ4n) is 3.71. The summed E-state index contributed by atoms with van der Waals surface area (Å²) in [7, 11) is 0. The fourth-order valence-corrected chi connectivity index (χ4v) is 3.71. The summed E-state index contributed by atoms with van der Waals surface area (Å²) < 4.78 is 5.53. The van der Waals surface area contributed by atoms with Gasteiger partial charge >= 0.3 is 0 Å². The maximum atomic E-state index is 12.5. The van der Waals surface area contributed by atoms with Gasteiger partial charge in [0.15, 0.2) is 5.75 Å². The first-order valence-electron chi connectivity index (χ1n) is 7.51. The zero-order chi connectivity index (χ0) is 14.1. The third-order valence-electron chi connectivity index (χ3n) is 4.63. The van der Waals surface area contributed by atoms with Crippen molar-refractivity contribution in [2.45, 2.75) is 38.6 Å². The smallest absolute Gasteiger partial charge is 0.255 e. The third kappa shape index (κ3) is 2.35. The number of amides is 1. The van der Waals surface area contributed by atoms with Crippen molar-refractivity contribution in [3.8, 4) is 5.75 Å². The molecule has 4 nitrogen and oxygen atoms in total. The van der Waals surface area contributed by atoms with Crippen molar-refractivity contribution in [3.63, 3.8) is 0 Å². The highest BCUT2D eigenvalue weighted by Crippen LogP contribution is 2.44. The van der Waals surface area contributed by atoms with Crippen LogP contribution in [0, 0.1) is 11.8 Å². The maximum absolute atomic E-state index is 12.5. The van der Waals surface area contributed by atoms with Crippen LogP contribution in [-0.4, -0.2) is 18.6 Å². The number of hydrogen-bond donors (Lipinski definition) is 2. The number of nitrogens with two attached hydrogens (primary N) is 1. The largest absolute Gasteiger partial charge is 0.491 e. The molecule has 0 spiro atoms. The lowest BCUT2D eigenvalue weighted by molar-refractivity contribution is 0.0919. The van der Waals surface area contributed by atoms with E-state index in [0.29, 0.717) is 35.6 Å². The molecular weight excluding hydrogens is 252 g/mol. The van der Waals surface area contributed by atoms with Crippen molar-refractivity contribution < 1.29 is 9.53 Å². The van der Waals surface area contributed by atoms with Gasteiger partial charge < -0.3 is 15.8 Å². The highest BCUT2D eigenvalue weighted by Gasteiger charge is 2.40. The van der Waals surface area contributed by atoms with Crippen LogP contribution in [0.3, 0.4) is 0 Å². The van der Waals surface area contributed by atoms with Crippen LogP contribution in [0.15, 0.2) is 18.2 Å². The number of carbonyl (C=O) groups excluding carboxylic acids is 1. The second kappa shape index (κ2) is 5.35.